The molecule has 5 heteroatoms. The first kappa shape index (κ1) is 17.2. The minimum Gasteiger partial charge on any atom is -0.347 e. The highest BCUT2D eigenvalue weighted by Gasteiger charge is 2.23. The molecule has 0 atom stereocenters. The molecule has 0 unspecified atom stereocenters. The van der Waals surface area contributed by atoms with Gasteiger partial charge in [-0.3, -0.25) is 4.79 Å². The molecule has 0 aliphatic heterocycles. The molecule has 128 valence electrons. The summed E-state index contributed by atoms with van der Waals surface area (Å²) in [4.78, 5) is 12.3. The van der Waals surface area contributed by atoms with Crippen LogP contribution in [0.15, 0.2) is 41.9 Å². The number of nitriles is 1. The summed E-state index contributed by atoms with van der Waals surface area (Å²) in [5.41, 5.74) is 2.57. The van der Waals surface area contributed by atoms with Crippen molar-refractivity contribution in [2.75, 3.05) is 5.32 Å². The molecule has 3 rings (SSSR count). The van der Waals surface area contributed by atoms with E-state index in [1.807, 2.05) is 23.7 Å². The number of thiophene rings is 1. The van der Waals surface area contributed by atoms with E-state index in [0.717, 1.165) is 11.1 Å². The first-order valence-electron chi connectivity index (χ1n) is 8.26. The maximum Gasteiger partial charge on any atom is 0.226 e. The summed E-state index contributed by atoms with van der Waals surface area (Å²) >= 11 is 1.42. The van der Waals surface area contributed by atoms with E-state index >= 15 is 0 Å². The third-order valence-corrected chi connectivity index (χ3v) is 5.12. The molecule has 1 N–H and O–H groups in total. The lowest BCUT2D eigenvalue weighted by Crippen LogP contribution is -2.15. The molecule has 2 aromatic heterocycles. The van der Waals surface area contributed by atoms with E-state index in [1.165, 1.54) is 16.7 Å². The summed E-state index contributed by atoms with van der Waals surface area (Å²) in [6.07, 6.45) is 2.37. The first-order chi connectivity index (χ1) is 11.9. The average molecular weight is 351 g/mol. The fourth-order valence-corrected chi connectivity index (χ4v) is 4.01. The van der Waals surface area contributed by atoms with Crippen LogP contribution in [0.25, 0.3) is 10.9 Å². The number of aryl methyl sites for hydroxylation is 1. The lowest BCUT2D eigenvalue weighted by molar-refractivity contribution is -0.116. The summed E-state index contributed by atoms with van der Waals surface area (Å²) in [7, 11) is 0. The van der Waals surface area contributed by atoms with E-state index < -0.39 is 0 Å². The zero-order valence-electron chi connectivity index (χ0n) is 14.7. The summed E-state index contributed by atoms with van der Waals surface area (Å²) in [5, 5.41) is 16.2. The lowest BCUT2D eigenvalue weighted by Gasteiger charge is -2.17. The van der Waals surface area contributed by atoms with Gasteiger partial charge in [0.05, 0.1) is 5.56 Å². The summed E-state index contributed by atoms with van der Waals surface area (Å²) in [6.45, 7) is 6.81. The minimum absolute atomic E-state index is 0.0726. The second-order valence-corrected chi connectivity index (χ2v) is 7.96. The monoisotopic (exact) mass is 351 g/mol. The van der Waals surface area contributed by atoms with Crippen molar-refractivity contribution in [2.24, 2.45) is 0 Å². The number of nitrogens with one attached hydrogen (secondary N) is 1. The number of carbonyl (C=O) groups excluding carboxylic acids is 1. The molecule has 0 bridgehead atoms. The van der Waals surface area contributed by atoms with Crippen LogP contribution >= 0.6 is 11.3 Å². The Morgan fingerprint density at radius 1 is 1.28 bits per heavy atom. The second-order valence-electron chi connectivity index (χ2n) is 7.08. The van der Waals surface area contributed by atoms with Crippen LogP contribution in [0.2, 0.25) is 0 Å². The third-order valence-electron chi connectivity index (χ3n) is 4.22. The van der Waals surface area contributed by atoms with Crippen molar-refractivity contribution in [1.29, 1.82) is 5.26 Å². The van der Waals surface area contributed by atoms with Crippen LogP contribution < -0.4 is 5.32 Å². The molecular weight excluding hydrogens is 330 g/mol. The van der Waals surface area contributed by atoms with Gasteiger partial charge in [0, 0.05) is 24.7 Å². The molecule has 0 fully saturated rings. The Bertz CT molecular complexity index is 953. The normalized spacial score (nSPS) is 11.4. The van der Waals surface area contributed by atoms with Crippen LogP contribution in [-0.4, -0.2) is 10.5 Å². The van der Waals surface area contributed by atoms with Crippen LogP contribution in [0, 0.1) is 11.3 Å². The topological polar surface area (TPSA) is 57.8 Å². The smallest absolute Gasteiger partial charge is 0.226 e. The van der Waals surface area contributed by atoms with E-state index in [9.17, 15) is 10.1 Å². The van der Waals surface area contributed by atoms with Crippen LogP contribution in [0.4, 0.5) is 5.00 Å². The number of aromatic nitrogens is 1. The van der Waals surface area contributed by atoms with Crippen LogP contribution in [0.1, 0.15) is 38.3 Å². The van der Waals surface area contributed by atoms with Crippen molar-refractivity contribution < 1.29 is 4.79 Å². The fraction of sp³-hybridized carbons (Fsp3) is 0.300. The van der Waals surface area contributed by atoms with Gasteiger partial charge in [-0.05, 0) is 33.9 Å². The number of hydrogen-bond acceptors (Lipinski definition) is 3. The highest BCUT2D eigenvalue weighted by atomic mass is 32.1. The van der Waals surface area contributed by atoms with E-state index in [1.54, 1.807) is 0 Å². The van der Waals surface area contributed by atoms with E-state index in [2.05, 4.69) is 54.9 Å². The van der Waals surface area contributed by atoms with Gasteiger partial charge in [0.25, 0.3) is 0 Å². The van der Waals surface area contributed by atoms with Gasteiger partial charge in [0.15, 0.2) is 0 Å². The minimum atomic E-state index is -0.116. The number of hydrogen-bond donors (Lipinski definition) is 1. The van der Waals surface area contributed by atoms with E-state index in [-0.39, 0.29) is 11.3 Å². The van der Waals surface area contributed by atoms with E-state index in [4.69, 9.17) is 0 Å². The molecule has 0 aliphatic carbocycles. The summed E-state index contributed by atoms with van der Waals surface area (Å²) in [6, 6.07) is 12.4. The predicted octanol–water partition coefficient (Wildman–Crippen LogP) is 4.90. The van der Waals surface area contributed by atoms with Crippen LogP contribution in [0.5, 0.6) is 0 Å². The SMILES string of the molecule is CC(C)(C)c1csc(NC(=O)CCn2ccc3ccccc32)c1C#N. The Hall–Kier alpha value is -2.58. The molecule has 4 nitrogen and oxygen atoms in total. The van der Waals surface area contributed by atoms with Crippen molar-refractivity contribution in [1.82, 2.24) is 4.57 Å². The van der Waals surface area contributed by atoms with Gasteiger partial charge in [-0.15, -0.1) is 11.3 Å². The van der Waals surface area contributed by atoms with Gasteiger partial charge < -0.3 is 9.88 Å². The Morgan fingerprint density at radius 2 is 2.04 bits per heavy atom. The maximum atomic E-state index is 12.3. The third kappa shape index (κ3) is 3.59. The molecule has 0 radical (unpaired) electrons. The molecule has 0 spiro atoms. The molecular formula is C20H21N3OS. The van der Waals surface area contributed by atoms with Crippen molar-refractivity contribution in [3.8, 4) is 6.07 Å². The van der Waals surface area contributed by atoms with Crippen LogP contribution in [-0.2, 0) is 16.8 Å². The predicted molar refractivity (Wildman–Crippen MR) is 103 cm³/mol. The number of carbonyl (C=O) groups is 1. The first-order valence-corrected chi connectivity index (χ1v) is 9.14. The number of rotatable bonds is 4. The molecule has 2 heterocycles. The number of amides is 1. The molecule has 0 aliphatic rings. The van der Waals surface area contributed by atoms with Gasteiger partial charge in [0.1, 0.15) is 11.1 Å². The van der Waals surface area contributed by atoms with Crippen molar-refractivity contribution >= 4 is 33.1 Å². The molecule has 0 saturated heterocycles. The quantitative estimate of drug-likeness (QED) is 0.727. The Labute approximate surface area is 151 Å². The van der Waals surface area contributed by atoms with Gasteiger partial charge in [-0.2, -0.15) is 5.26 Å². The average Bonchev–Trinajstić information content (AvgIpc) is 3.16. The summed E-state index contributed by atoms with van der Waals surface area (Å²) in [5.74, 6) is -0.0726. The van der Waals surface area contributed by atoms with Gasteiger partial charge in [-0.25, -0.2) is 0 Å². The number of benzene rings is 1. The highest BCUT2D eigenvalue weighted by Crippen LogP contribution is 2.35. The van der Waals surface area contributed by atoms with Gasteiger partial charge in [-0.1, -0.05) is 39.0 Å². The lowest BCUT2D eigenvalue weighted by atomic mass is 9.86. The molecule has 1 aromatic carbocycles. The zero-order valence-corrected chi connectivity index (χ0v) is 15.5. The molecule has 0 saturated carbocycles. The van der Waals surface area contributed by atoms with Crippen molar-refractivity contribution in [3.05, 3.63) is 53.0 Å². The van der Waals surface area contributed by atoms with Gasteiger partial charge in [0.2, 0.25) is 5.91 Å². The number of nitrogens with zero attached hydrogens (tertiary/aromatic N) is 2. The maximum absolute atomic E-state index is 12.3. The fourth-order valence-electron chi connectivity index (χ4n) is 2.86. The summed E-state index contributed by atoms with van der Waals surface area (Å²) < 4.78 is 2.08. The van der Waals surface area contributed by atoms with Crippen LogP contribution in [0.3, 0.4) is 0 Å². The Balaban J connectivity index is 1.69. The Kier molecular flexibility index (Phi) is 4.65. The standard InChI is InChI=1S/C20H21N3OS/c1-20(2,3)16-13-25-19(15(16)12-21)22-18(24)9-11-23-10-8-14-6-4-5-7-17(14)23/h4-8,10,13H,9,11H2,1-3H3,(H,22,24). The van der Waals surface area contributed by atoms with Gasteiger partial charge >= 0.3 is 0 Å². The van der Waals surface area contributed by atoms with E-state index in [0.29, 0.717) is 23.5 Å². The van der Waals surface area contributed by atoms with Crippen molar-refractivity contribution in [2.45, 2.75) is 39.2 Å². The number of anilines is 1. The number of para-hydroxylation sites is 1. The Morgan fingerprint density at radius 3 is 2.76 bits per heavy atom. The second kappa shape index (κ2) is 6.73. The largest absolute Gasteiger partial charge is 0.347 e. The molecule has 1 amide bonds. The zero-order chi connectivity index (χ0) is 18.0. The number of fused-ring (bicyclic) bond motifs is 1. The highest BCUT2D eigenvalue weighted by molar-refractivity contribution is 7.14. The molecule has 3 aromatic rings. The molecule has 25 heavy (non-hydrogen) atoms. The van der Waals surface area contributed by atoms with Crippen molar-refractivity contribution in [3.63, 3.8) is 0 Å².